The first-order valence-electron chi connectivity index (χ1n) is 10.7. The number of benzene rings is 2. The van der Waals surface area contributed by atoms with Crippen LogP contribution in [0, 0.1) is 5.82 Å². The van der Waals surface area contributed by atoms with Crippen molar-refractivity contribution < 1.29 is 27.2 Å². The van der Waals surface area contributed by atoms with Crippen molar-refractivity contribution in [2.24, 2.45) is 0 Å². The SMILES string of the molecule is O=C1Nc2cc(F)ccc2Nc2nnc(N3CCN(C(=O)c4ccccc4C(F)(F)F)CC3)cc21. The smallest absolute Gasteiger partial charge is 0.352 e. The number of amides is 2. The van der Waals surface area contributed by atoms with Crippen molar-refractivity contribution >= 4 is 34.8 Å². The maximum Gasteiger partial charge on any atom is 0.417 e. The van der Waals surface area contributed by atoms with Crippen LogP contribution in [0.5, 0.6) is 0 Å². The van der Waals surface area contributed by atoms with Gasteiger partial charge in [0.05, 0.1) is 28.1 Å². The molecule has 0 aliphatic carbocycles. The number of rotatable bonds is 2. The van der Waals surface area contributed by atoms with Gasteiger partial charge in [0, 0.05) is 26.2 Å². The standard InChI is InChI=1S/C23H18F4N6O2/c24-13-5-6-17-18(11-13)29-21(34)15-12-19(30-31-20(15)28-17)32-7-9-33(10-8-32)22(35)14-3-1-2-4-16(14)23(25,26)27/h1-6,11-12H,7-10H2,(H,28,31)(H,29,34). The van der Waals surface area contributed by atoms with Gasteiger partial charge in [-0.3, -0.25) is 9.59 Å². The third-order valence-electron chi connectivity index (χ3n) is 5.86. The summed E-state index contributed by atoms with van der Waals surface area (Å²) in [5.41, 5.74) is -0.433. The highest BCUT2D eigenvalue weighted by atomic mass is 19.4. The van der Waals surface area contributed by atoms with Crippen molar-refractivity contribution in [3.05, 3.63) is 71.0 Å². The molecule has 180 valence electrons. The van der Waals surface area contributed by atoms with E-state index in [2.05, 4.69) is 20.8 Å². The van der Waals surface area contributed by atoms with Crippen LogP contribution in [0.15, 0.2) is 48.5 Å². The number of aromatic nitrogens is 2. The Morgan fingerprint density at radius 3 is 2.40 bits per heavy atom. The van der Waals surface area contributed by atoms with Crippen molar-refractivity contribution in [2.75, 3.05) is 41.7 Å². The van der Waals surface area contributed by atoms with Gasteiger partial charge in [-0.2, -0.15) is 13.2 Å². The van der Waals surface area contributed by atoms with Crippen LogP contribution in [0.1, 0.15) is 26.3 Å². The molecular weight excluding hydrogens is 468 g/mol. The van der Waals surface area contributed by atoms with Gasteiger partial charge in [0.25, 0.3) is 11.8 Å². The number of carbonyl (C=O) groups is 2. The summed E-state index contributed by atoms with van der Waals surface area (Å²) in [5.74, 6) is -1.12. The van der Waals surface area contributed by atoms with Crippen LogP contribution in [0.25, 0.3) is 0 Å². The molecule has 3 heterocycles. The summed E-state index contributed by atoms with van der Waals surface area (Å²) in [6.45, 7) is 0.902. The van der Waals surface area contributed by atoms with Crippen LogP contribution in [0.2, 0.25) is 0 Å². The minimum atomic E-state index is -4.63. The van der Waals surface area contributed by atoms with Crippen molar-refractivity contribution in [3.63, 3.8) is 0 Å². The lowest BCUT2D eigenvalue weighted by molar-refractivity contribution is -0.138. The van der Waals surface area contributed by atoms with E-state index in [1.807, 2.05) is 0 Å². The lowest BCUT2D eigenvalue weighted by Crippen LogP contribution is -2.49. The first-order valence-corrected chi connectivity index (χ1v) is 10.7. The maximum absolute atomic E-state index is 13.6. The van der Waals surface area contributed by atoms with Crippen LogP contribution in [-0.2, 0) is 6.18 Å². The number of piperazine rings is 1. The molecule has 2 aliphatic heterocycles. The second-order valence-electron chi connectivity index (χ2n) is 8.06. The summed E-state index contributed by atoms with van der Waals surface area (Å²) >= 11 is 0. The Kier molecular flexibility index (Phi) is 5.50. The van der Waals surface area contributed by atoms with Gasteiger partial charge >= 0.3 is 6.18 Å². The molecule has 1 aromatic heterocycles. The van der Waals surface area contributed by atoms with Crippen molar-refractivity contribution in [3.8, 4) is 0 Å². The zero-order chi connectivity index (χ0) is 24.7. The molecule has 3 aromatic rings. The number of nitrogens with one attached hydrogen (secondary N) is 2. The van der Waals surface area contributed by atoms with Gasteiger partial charge in [0.15, 0.2) is 11.6 Å². The number of anilines is 4. The Balaban J connectivity index is 1.31. The number of fused-ring (bicyclic) bond motifs is 2. The summed E-state index contributed by atoms with van der Waals surface area (Å²) in [4.78, 5) is 28.7. The molecule has 2 aliphatic rings. The minimum Gasteiger partial charge on any atom is -0.352 e. The van der Waals surface area contributed by atoms with E-state index in [-0.39, 0.29) is 43.2 Å². The molecule has 0 unspecified atom stereocenters. The molecule has 0 spiro atoms. The van der Waals surface area contributed by atoms with Gasteiger partial charge in [0.2, 0.25) is 0 Å². The zero-order valence-electron chi connectivity index (χ0n) is 18.1. The van der Waals surface area contributed by atoms with E-state index in [1.54, 1.807) is 4.90 Å². The topological polar surface area (TPSA) is 90.5 Å². The van der Waals surface area contributed by atoms with Gasteiger partial charge in [-0.05, 0) is 36.4 Å². The minimum absolute atomic E-state index is 0.166. The fraction of sp³-hybridized carbons (Fsp3) is 0.217. The van der Waals surface area contributed by atoms with E-state index in [0.29, 0.717) is 11.5 Å². The predicted octanol–water partition coefficient (Wildman–Crippen LogP) is 3.91. The summed E-state index contributed by atoms with van der Waals surface area (Å²) < 4.78 is 53.5. The molecule has 2 aromatic carbocycles. The number of carbonyl (C=O) groups excluding carboxylic acids is 2. The number of hydrogen-bond acceptors (Lipinski definition) is 6. The van der Waals surface area contributed by atoms with E-state index in [4.69, 9.17) is 0 Å². The van der Waals surface area contributed by atoms with Crippen LogP contribution in [0.3, 0.4) is 0 Å². The van der Waals surface area contributed by atoms with E-state index in [0.717, 1.165) is 6.07 Å². The highest BCUT2D eigenvalue weighted by molar-refractivity contribution is 6.11. The molecule has 0 atom stereocenters. The molecule has 1 fully saturated rings. The molecule has 2 amide bonds. The average Bonchev–Trinajstić information content (AvgIpc) is 2.98. The third kappa shape index (κ3) is 4.34. The van der Waals surface area contributed by atoms with E-state index in [9.17, 15) is 27.2 Å². The Morgan fingerprint density at radius 2 is 1.66 bits per heavy atom. The van der Waals surface area contributed by atoms with Gasteiger partial charge in [-0.1, -0.05) is 12.1 Å². The summed E-state index contributed by atoms with van der Waals surface area (Å²) in [5, 5.41) is 13.9. The van der Waals surface area contributed by atoms with Crippen molar-refractivity contribution in [1.82, 2.24) is 15.1 Å². The fourth-order valence-electron chi connectivity index (χ4n) is 4.07. The molecule has 0 radical (unpaired) electrons. The van der Waals surface area contributed by atoms with E-state index in [1.165, 1.54) is 47.4 Å². The van der Waals surface area contributed by atoms with E-state index >= 15 is 0 Å². The zero-order valence-corrected chi connectivity index (χ0v) is 18.1. The Bertz CT molecular complexity index is 1320. The monoisotopic (exact) mass is 486 g/mol. The van der Waals surface area contributed by atoms with Crippen LogP contribution < -0.4 is 15.5 Å². The molecule has 0 saturated carbocycles. The fourth-order valence-corrected chi connectivity index (χ4v) is 4.07. The normalized spacial score (nSPS) is 15.5. The first-order chi connectivity index (χ1) is 16.7. The largest absolute Gasteiger partial charge is 0.417 e. The molecule has 2 N–H and O–H groups in total. The molecule has 5 rings (SSSR count). The van der Waals surface area contributed by atoms with Crippen molar-refractivity contribution in [2.45, 2.75) is 6.18 Å². The summed E-state index contributed by atoms with van der Waals surface area (Å²) in [6.07, 6.45) is -4.63. The van der Waals surface area contributed by atoms with Crippen molar-refractivity contribution in [1.29, 1.82) is 0 Å². The molecule has 1 saturated heterocycles. The molecule has 8 nitrogen and oxygen atoms in total. The molecule has 12 heteroatoms. The van der Waals surface area contributed by atoms with Gasteiger partial charge in [-0.15, -0.1) is 10.2 Å². The molecule has 35 heavy (non-hydrogen) atoms. The van der Waals surface area contributed by atoms with Gasteiger partial charge < -0.3 is 20.4 Å². The van der Waals surface area contributed by atoms with Crippen LogP contribution in [0.4, 0.5) is 40.6 Å². The quantitative estimate of drug-likeness (QED) is 0.534. The Morgan fingerprint density at radius 1 is 0.914 bits per heavy atom. The third-order valence-corrected chi connectivity index (χ3v) is 5.86. The first kappa shape index (κ1) is 22.6. The average molecular weight is 486 g/mol. The van der Waals surface area contributed by atoms with Crippen LogP contribution in [-0.4, -0.2) is 53.1 Å². The molecule has 0 bridgehead atoms. The Hall–Kier alpha value is -4.22. The number of hydrogen-bond donors (Lipinski definition) is 2. The maximum atomic E-state index is 13.6. The second-order valence-corrected chi connectivity index (χ2v) is 8.06. The highest BCUT2D eigenvalue weighted by Gasteiger charge is 2.36. The number of halogens is 4. The van der Waals surface area contributed by atoms with Crippen LogP contribution >= 0.6 is 0 Å². The highest BCUT2D eigenvalue weighted by Crippen LogP contribution is 2.34. The number of alkyl halides is 3. The second kappa shape index (κ2) is 8.53. The lowest BCUT2D eigenvalue weighted by Gasteiger charge is -2.35. The summed E-state index contributed by atoms with van der Waals surface area (Å²) in [7, 11) is 0. The van der Waals surface area contributed by atoms with E-state index < -0.39 is 34.9 Å². The molecular formula is C23H18F4N6O2. The lowest BCUT2D eigenvalue weighted by atomic mass is 10.1. The van der Waals surface area contributed by atoms with Gasteiger partial charge in [-0.25, -0.2) is 4.39 Å². The summed E-state index contributed by atoms with van der Waals surface area (Å²) in [6, 6.07) is 10.1. The van der Waals surface area contributed by atoms with Gasteiger partial charge in [0.1, 0.15) is 5.82 Å². The predicted molar refractivity (Wildman–Crippen MR) is 119 cm³/mol. The Labute approximate surface area is 196 Å². The number of nitrogens with zero attached hydrogens (tertiary/aromatic N) is 4.